The lowest BCUT2D eigenvalue weighted by molar-refractivity contribution is 1.31. The van der Waals surface area contributed by atoms with Gasteiger partial charge in [0.25, 0.3) is 0 Å². The summed E-state index contributed by atoms with van der Waals surface area (Å²) in [5, 5.41) is 7.17. The van der Waals surface area contributed by atoms with Crippen molar-refractivity contribution in [3.63, 3.8) is 0 Å². The van der Waals surface area contributed by atoms with Crippen molar-refractivity contribution in [2.24, 2.45) is 0 Å². The topological polar surface area (TPSA) is 25.8 Å². The number of rotatable bonds is 9. The van der Waals surface area contributed by atoms with Crippen LogP contribution in [0.5, 0.6) is 0 Å². The van der Waals surface area contributed by atoms with E-state index in [0.717, 1.165) is 60.9 Å². The van der Waals surface area contributed by atoms with Crippen LogP contribution in [0.2, 0.25) is 0 Å². The SMILES string of the molecule is C=C(C)C(=CC=C(C)c1cc(-c2ccc(-c3ccc(-c4cnc5c6ccccc6c6ccccc6c5n4)cc3)cc2)c2sc3ccc(-c4ccc(-c5ccccc5)cc4)cc3c2c1)c1ccccc1. The van der Waals surface area contributed by atoms with Gasteiger partial charge in [0.2, 0.25) is 0 Å². The molecule has 0 radical (unpaired) electrons. The molecule has 0 amide bonds. The van der Waals surface area contributed by atoms with Gasteiger partial charge in [-0.2, -0.15) is 0 Å². The van der Waals surface area contributed by atoms with Gasteiger partial charge in [0.15, 0.2) is 0 Å². The molecule has 0 aliphatic carbocycles. The Labute approximate surface area is 406 Å². The maximum Gasteiger partial charge on any atom is 0.0979 e. The van der Waals surface area contributed by atoms with E-state index in [0.29, 0.717) is 0 Å². The highest BCUT2D eigenvalue weighted by molar-refractivity contribution is 7.26. The first-order valence-electron chi connectivity index (χ1n) is 23.5. The minimum atomic E-state index is 0.862. The van der Waals surface area contributed by atoms with E-state index < -0.39 is 0 Å². The summed E-state index contributed by atoms with van der Waals surface area (Å²) in [4.78, 5) is 10.2. The summed E-state index contributed by atoms with van der Waals surface area (Å²) < 4.78 is 2.56. The highest BCUT2D eigenvalue weighted by atomic mass is 32.1. The highest BCUT2D eigenvalue weighted by Gasteiger charge is 2.16. The van der Waals surface area contributed by atoms with Crippen molar-refractivity contribution in [1.29, 1.82) is 0 Å². The summed E-state index contributed by atoms with van der Waals surface area (Å²) >= 11 is 1.87. The fourth-order valence-corrected chi connectivity index (χ4v) is 11.0. The predicted molar refractivity (Wildman–Crippen MR) is 298 cm³/mol. The summed E-state index contributed by atoms with van der Waals surface area (Å²) in [6.07, 6.45) is 6.38. The van der Waals surface area contributed by atoms with Crippen molar-refractivity contribution >= 4 is 75.2 Å². The minimum Gasteiger partial charge on any atom is -0.252 e. The molecule has 326 valence electrons. The van der Waals surface area contributed by atoms with E-state index in [1.807, 2.05) is 17.5 Å². The number of thiophene rings is 1. The fourth-order valence-electron chi connectivity index (χ4n) is 9.83. The second-order valence-corrected chi connectivity index (χ2v) is 19.0. The van der Waals surface area contributed by atoms with Gasteiger partial charge >= 0.3 is 0 Å². The fraction of sp³-hybridized carbons (Fsp3) is 0.0303. The van der Waals surface area contributed by atoms with Gasteiger partial charge in [0, 0.05) is 42.1 Å². The van der Waals surface area contributed by atoms with E-state index in [1.54, 1.807) is 0 Å². The smallest absolute Gasteiger partial charge is 0.0979 e. The summed E-state index contributed by atoms with van der Waals surface area (Å²) in [6, 6.07) is 76.6. The van der Waals surface area contributed by atoms with Crippen LogP contribution in [-0.2, 0) is 0 Å². The van der Waals surface area contributed by atoms with Crippen molar-refractivity contribution < 1.29 is 0 Å². The molecule has 10 aromatic carbocycles. The first-order chi connectivity index (χ1) is 33.9. The molecule has 0 atom stereocenters. The molecule has 0 saturated heterocycles. The third-order valence-corrected chi connectivity index (χ3v) is 14.8. The van der Waals surface area contributed by atoms with Gasteiger partial charge < -0.3 is 0 Å². The molecule has 0 bridgehead atoms. The molecule has 12 rings (SSSR count). The van der Waals surface area contributed by atoms with Crippen LogP contribution in [0, 0.1) is 0 Å². The lowest BCUT2D eigenvalue weighted by Crippen LogP contribution is -1.92. The lowest BCUT2D eigenvalue weighted by atomic mass is 9.93. The van der Waals surface area contributed by atoms with Gasteiger partial charge in [-0.1, -0.05) is 212 Å². The maximum absolute atomic E-state index is 5.23. The van der Waals surface area contributed by atoms with E-state index in [2.05, 4.69) is 245 Å². The number of hydrogen-bond donors (Lipinski definition) is 0. The maximum atomic E-state index is 5.23. The first kappa shape index (κ1) is 41.9. The Hall–Kier alpha value is -8.50. The Morgan fingerprint density at radius 1 is 0.420 bits per heavy atom. The van der Waals surface area contributed by atoms with E-state index >= 15 is 0 Å². The van der Waals surface area contributed by atoms with Crippen LogP contribution in [0.3, 0.4) is 0 Å². The number of nitrogens with zero attached hydrogens (tertiary/aromatic N) is 2. The number of allylic oxidation sites excluding steroid dienone is 5. The zero-order valence-electron chi connectivity index (χ0n) is 38.4. The molecule has 0 spiro atoms. The van der Waals surface area contributed by atoms with E-state index in [-0.39, 0.29) is 0 Å². The molecule has 2 heterocycles. The molecular weight excluding hydrogens is 853 g/mol. The summed E-state index contributed by atoms with van der Waals surface area (Å²) in [6.45, 7) is 8.63. The van der Waals surface area contributed by atoms with Gasteiger partial charge in [-0.05, 0) is 110 Å². The molecule has 0 aliphatic rings. The number of hydrogen-bond acceptors (Lipinski definition) is 3. The van der Waals surface area contributed by atoms with Crippen LogP contribution < -0.4 is 0 Å². The van der Waals surface area contributed by atoms with E-state index in [9.17, 15) is 0 Å². The van der Waals surface area contributed by atoms with Crippen LogP contribution in [0.4, 0.5) is 0 Å². The first-order valence-corrected chi connectivity index (χ1v) is 24.3. The largest absolute Gasteiger partial charge is 0.252 e. The summed E-state index contributed by atoms with van der Waals surface area (Å²) in [7, 11) is 0. The molecule has 0 N–H and O–H groups in total. The monoisotopic (exact) mass is 898 g/mol. The Balaban J connectivity index is 0.912. The molecule has 2 aromatic heterocycles. The van der Waals surface area contributed by atoms with Gasteiger partial charge in [0.05, 0.1) is 22.9 Å². The molecule has 0 unspecified atom stereocenters. The molecular formula is C66H46N2S. The summed E-state index contributed by atoms with van der Waals surface area (Å²) in [5.41, 5.74) is 19.1. The molecule has 0 saturated carbocycles. The second kappa shape index (κ2) is 17.6. The zero-order chi connectivity index (χ0) is 46.4. The third-order valence-electron chi connectivity index (χ3n) is 13.5. The minimum absolute atomic E-state index is 0.862. The molecule has 2 nitrogen and oxygen atoms in total. The van der Waals surface area contributed by atoms with Crippen LogP contribution in [0.1, 0.15) is 25.0 Å². The predicted octanol–water partition coefficient (Wildman–Crippen LogP) is 18.7. The average molecular weight is 899 g/mol. The van der Waals surface area contributed by atoms with Crippen LogP contribution in [0.25, 0.3) is 120 Å². The van der Waals surface area contributed by atoms with Gasteiger partial charge in [-0.25, -0.2) is 4.98 Å². The Bertz CT molecular complexity index is 3960. The molecule has 0 aliphatic heterocycles. The van der Waals surface area contributed by atoms with Gasteiger partial charge in [0.1, 0.15) is 0 Å². The average Bonchev–Trinajstić information content (AvgIpc) is 3.79. The molecule has 69 heavy (non-hydrogen) atoms. The molecule has 12 aromatic rings. The Morgan fingerprint density at radius 3 is 1.55 bits per heavy atom. The number of aromatic nitrogens is 2. The van der Waals surface area contributed by atoms with Crippen molar-refractivity contribution in [3.8, 4) is 55.8 Å². The second-order valence-electron chi connectivity index (χ2n) is 17.9. The van der Waals surface area contributed by atoms with Gasteiger partial charge in [-0.15, -0.1) is 11.3 Å². The number of fused-ring (bicyclic) bond motifs is 9. The van der Waals surface area contributed by atoms with Crippen molar-refractivity contribution in [1.82, 2.24) is 9.97 Å². The normalized spacial score (nSPS) is 12.1. The molecule has 3 heteroatoms. The zero-order valence-corrected chi connectivity index (χ0v) is 39.3. The van der Waals surface area contributed by atoms with Crippen molar-refractivity contribution in [2.45, 2.75) is 13.8 Å². The van der Waals surface area contributed by atoms with Crippen LogP contribution in [-0.4, -0.2) is 9.97 Å². The van der Waals surface area contributed by atoms with Gasteiger partial charge in [-0.3, -0.25) is 4.98 Å². The van der Waals surface area contributed by atoms with Crippen LogP contribution >= 0.6 is 11.3 Å². The van der Waals surface area contributed by atoms with Crippen molar-refractivity contribution in [2.75, 3.05) is 0 Å². The molecule has 0 fully saturated rings. The third kappa shape index (κ3) is 7.83. The number of benzene rings is 10. The highest BCUT2D eigenvalue weighted by Crippen LogP contribution is 2.44. The Morgan fingerprint density at radius 2 is 0.928 bits per heavy atom. The van der Waals surface area contributed by atoms with E-state index in [1.165, 1.54) is 75.5 Å². The van der Waals surface area contributed by atoms with E-state index in [4.69, 9.17) is 9.97 Å². The van der Waals surface area contributed by atoms with Crippen LogP contribution in [0.15, 0.2) is 243 Å². The standard InChI is InChI=1S/C66H46N2S/c1-42(2)54(49-16-8-5-9-17-49)36-22-43(3)53-39-59(66-61(40-53)60-38-52(35-37-63(60)69-66)48-25-23-45(24-26-48)44-14-6-4-7-15-44)50-31-27-46(28-32-50)47-29-33-51(34-30-47)62-41-67-64-57-20-12-10-18-55(57)56-19-11-13-21-58(56)65(64)68-62/h4-41H,1H2,2-3H3. The van der Waals surface area contributed by atoms with Crippen molar-refractivity contribution in [3.05, 3.63) is 254 Å². The quantitative estimate of drug-likeness (QED) is 0.107. The lowest BCUT2D eigenvalue weighted by Gasteiger charge is -2.12. The Kier molecular flexibility index (Phi) is 10.7. The summed E-state index contributed by atoms with van der Waals surface area (Å²) in [5.74, 6) is 0.